The zero-order valence-electron chi connectivity index (χ0n) is 19.3. The molecular weight excluding hydrogens is 468 g/mol. The molecule has 0 unspecified atom stereocenters. The molecule has 0 aliphatic carbocycles. The van der Waals surface area contributed by atoms with Crippen LogP contribution in [0, 0.1) is 6.92 Å². The van der Waals surface area contributed by atoms with Crippen LogP contribution in [0.2, 0.25) is 0 Å². The number of hydrogen-bond donors (Lipinski definition) is 1. The number of nitrogens with one attached hydrogen (secondary N) is 1. The van der Waals surface area contributed by atoms with Crippen molar-refractivity contribution in [3.05, 3.63) is 64.5 Å². The lowest BCUT2D eigenvalue weighted by Gasteiger charge is -2.08. The first-order valence-electron chi connectivity index (χ1n) is 11.2. The molecule has 0 aliphatic rings. The van der Waals surface area contributed by atoms with Gasteiger partial charge in [0.1, 0.15) is 20.6 Å². The first-order valence-corrected chi connectivity index (χ1v) is 12.9. The van der Waals surface area contributed by atoms with Gasteiger partial charge in [-0.3, -0.25) is 4.79 Å². The number of fused-ring (bicyclic) bond motifs is 1. The molecule has 1 N–H and O–H groups in total. The lowest BCUT2D eigenvalue weighted by molar-refractivity contribution is 0.0531. The summed E-state index contributed by atoms with van der Waals surface area (Å²) in [5.41, 5.74) is 2.88. The lowest BCUT2D eigenvalue weighted by atomic mass is 10.1. The number of benzene rings is 2. The van der Waals surface area contributed by atoms with Crippen LogP contribution < -0.4 is 10.1 Å². The number of carbonyl (C=O) groups is 2. The second-order valence-electron chi connectivity index (χ2n) is 7.65. The van der Waals surface area contributed by atoms with E-state index < -0.39 is 5.97 Å². The molecule has 0 bridgehead atoms. The number of hydrogen-bond acceptors (Lipinski definition) is 7. The van der Waals surface area contributed by atoms with Gasteiger partial charge in [-0.05, 0) is 62.2 Å². The van der Waals surface area contributed by atoms with Crippen LogP contribution >= 0.6 is 22.7 Å². The quantitative estimate of drug-likeness (QED) is 0.201. The molecule has 0 spiro atoms. The van der Waals surface area contributed by atoms with E-state index >= 15 is 0 Å². The van der Waals surface area contributed by atoms with E-state index in [1.165, 1.54) is 22.7 Å². The smallest absolute Gasteiger partial charge is 0.348 e. The number of amides is 1. The predicted octanol–water partition coefficient (Wildman–Crippen LogP) is 6.94. The topological polar surface area (TPSA) is 77.5 Å². The molecule has 2 aromatic carbocycles. The summed E-state index contributed by atoms with van der Waals surface area (Å²) in [5.74, 6) is 0.0669. The zero-order chi connectivity index (χ0) is 24.1. The van der Waals surface area contributed by atoms with E-state index in [2.05, 4.69) is 12.2 Å². The summed E-state index contributed by atoms with van der Waals surface area (Å²) in [6.45, 7) is 6.68. The van der Waals surface area contributed by atoms with E-state index in [0.29, 0.717) is 22.0 Å². The molecule has 6 nitrogen and oxygen atoms in total. The highest BCUT2D eigenvalue weighted by Gasteiger charge is 2.25. The molecule has 8 heteroatoms. The molecule has 34 heavy (non-hydrogen) atoms. The minimum absolute atomic E-state index is 0.265. The monoisotopic (exact) mass is 494 g/mol. The number of unbranched alkanes of at least 4 members (excludes halogenated alkanes) is 1. The van der Waals surface area contributed by atoms with Crippen molar-refractivity contribution in [2.75, 3.05) is 18.5 Å². The second-order valence-corrected chi connectivity index (χ2v) is 9.70. The Morgan fingerprint density at radius 3 is 2.50 bits per heavy atom. The van der Waals surface area contributed by atoms with Crippen molar-refractivity contribution in [3.8, 4) is 16.3 Å². The highest BCUT2D eigenvalue weighted by molar-refractivity contribution is 7.23. The number of para-hydroxylation sites is 1. The summed E-state index contributed by atoms with van der Waals surface area (Å²) in [6.07, 6.45) is 2.04. The van der Waals surface area contributed by atoms with Gasteiger partial charge in [0.05, 0.1) is 23.4 Å². The van der Waals surface area contributed by atoms with Crippen LogP contribution in [0.25, 0.3) is 20.8 Å². The van der Waals surface area contributed by atoms with Crippen LogP contribution in [-0.2, 0) is 4.74 Å². The van der Waals surface area contributed by atoms with Crippen LogP contribution in [0.4, 0.5) is 5.00 Å². The molecule has 2 aromatic heterocycles. The molecule has 176 valence electrons. The molecule has 0 atom stereocenters. The molecule has 1 amide bonds. The van der Waals surface area contributed by atoms with Crippen molar-refractivity contribution >= 4 is 49.8 Å². The summed E-state index contributed by atoms with van der Waals surface area (Å²) in [6, 6.07) is 14.9. The largest absolute Gasteiger partial charge is 0.494 e. The van der Waals surface area contributed by atoms with Gasteiger partial charge in [-0.2, -0.15) is 0 Å². The molecule has 4 aromatic rings. The third kappa shape index (κ3) is 5.13. The van der Waals surface area contributed by atoms with Gasteiger partial charge < -0.3 is 14.8 Å². The van der Waals surface area contributed by atoms with E-state index in [0.717, 1.165) is 44.9 Å². The van der Waals surface area contributed by atoms with Crippen LogP contribution in [0.1, 0.15) is 52.3 Å². The van der Waals surface area contributed by atoms with E-state index in [4.69, 9.17) is 14.5 Å². The molecule has 0 radical (unpaired) electrons. The van der Waals surface area contributed by atoms with Gasteiger partial charge in [0, 0.05) is 11.1 Å². The predicted molar refractivity (Wildman–Crippen MR) is 138 cm³/mol. The van der Waals surface area contributed by atoms with E-state index in [9.17, 15) is 9.59 Å². The Morgan fingerprint density at radius 2 is 1.79 bits per heavy atom. The van der Waals surface area contributed by atoms with Gasteiger partial charge in [0.15, 0.2) is 0 Å². The van der Waals surface area contributed by atoms with Crippen molar-refractivity contribution in [1.29, 1.82) is 0 Å². The average molecular weight is 495 g/mol. The summed E-state index contributed by atoms with van der Waals surface area (Å²) < 4.78 is 12.0. The Balaban J connectivity index is 1.65. The van der Waals surface area contributed by atoms with Gasteiger partial charge in [0.2, 0.25) is 0 Å². The van der Waals surface area contributed by atoms with Crippen LogP contribution in [-0.4, -0.2) is 30.1 Å². The maximum absolute atomic E-state index is 13.1. The SMILES string of the molecule is CCCCOc1ccc(C(=O)Nc2sc(C(=O)OCC)c(C)c2-c2nc3ccccc3s2)cc1. The van der Waals surface area contributed by atoms with Crippen molar-refractivity contribution in [1.82, 2.24) is 4.98 Å². The lowest BCUT2D eigenvalue weighted by Crippen LogP contribution is -2.11. The number of carbonyl (C=O) groups excluding carboxylic acids is 2. The molecule has 0 fully saturated rings. The van der Waals surface area contributed by atoms with E-state index in [-0.39, 0.29) is 12.5 Å². The number of rotatable bonds is 9. The number of anilines is 1. The van der Waals surface area contributed by atoms with Crippen molar-refractivity contribution in [3.63, 3.8) is 0 Å². The molecule has 0 aliphatic heterocycles. The highest BCUT2D eigenvalue weighted by atomic mass is 32.1. The maximum atomic E-state index is 13.1. The summed E-state index contributed by atoms with van der Waals surface area (Å²) in [7, 11) is 0. The maximum Gasteiger partial charge on any atom is 0.348 e. The van der Waals surface area contributed by atoms with Crippen LogP contribution in [0.5, 0.6) is 5.75 Å². The number of aromatic nitrogens is 1. The number of thiazole rings is 1. The summed E-state index contributed by atoms with van der Waals surface area (Å²) in [5, 5.41) is 4.32. The van der Waals surface area contributed by atoms with E-state index in [1.54, 1.807) is 31.2 Å². The van der Waals surface area contributed by atoms with Crippen molar-refractivity contribution in [2.45, 2.75) is 33.6 Å². The Bertz CT molecular complexity index is 1280. The van der Waals surface area contributed by atoms with Gasteiger partial charge in [-0.15, -0.1) is 22.7 Å². The second kappa shape index (κ2) is 10.8. The average Bonchev–Trinajstić information content (AvgIpc) is 3.40. The Morgan fingerprint density at radius 1 is 1.03 bits per heavy atom. The highest BCUT2D eigenvalue weighted by Crippen LogP contribution is 2.43. The van der Waals surface area contributed by atoms with Crippen molar-refractivity contribution < 1.29 is 19.1 Å². The minimum atomic E-state index is -0.401. The number of thiophene rings is 1. The molecular formula is C26H26N2O4S2. The van der Waals surface area contributed by atoms with Gasteiger partial charge in [0.25, 0.3) is 5.91 Å². The number of nitrogens with zero attached hydrogens (tertiary/aromatic N) is 1. The standard InChI is InChI=1S/C26H26N2O4S2/c1-4-6-15-32-18-13-11-17(12-14-18)23(29)28-25-21(16(3)22(34-25)26(30)31-5-2)24-27-19-9-7-8-10-20(19)33-24/h7-14H,4-6,15H2,1-3H3,(H,28,29). The molecule has 2 heterocycles. The Kier molecular flexibility index (Phi) is 7.59. The number of ether oxygens (including phenoxy) is 2. The molecule has 0 saturated carbocycles. The normalized spacial score (nSPS) is 10.9. The first-order chi connectivity index (χ1) is 16.5. The third-order valence-electron chi connectivity index (χ3n) is 5.23. The van der Waals surface area contributed by atoms with Gasteiger partial charge in [-0.1, -0.05) is 25.5 Å². The zero-order valence-corrected chi connectivity index (χ0v) is 21.0. The van der Waals surface area contributed by atoms with Crippen molar-refractivity contribution in [2.24, 2.45) is 0 Å². The van der Waals surface area contributed by atoms with Crippen LogP contribution in [0.15, 0.2) is 48.5 Å². The summed E-state index contributed by atoms with van der Waals surface area (Å²) >= 11 is 2.74. The fourth-order valence-corrected chi connectivity index (χ4v) is 5.68. The van der Waals surface area contributed by atoms with Gasteiger partial charge in [-0.25, -0.2) is 9.78 Å². The fraction of sp³-hybridized carbons (Fsp3) is 0.269. The Hall–Kier alpha value is -3.23. The molecule has 4 rings (SSSR count). The van der Waals surface area contributed by atoms with Gasteiger partial charge >= 0.3 is 5.97 Å². The third-order valence-corrected chi connectivity index (χ3v) is 7.47. The Labute approximate surface area is 206 Å². The van der Waals surface area contributed by atoms with E-state index in [1.807, 2.05) is 31.2 Å². The number of esters is 1. The molecule has 0 saturated heterocycles. The fourth-order valence-electron chi connectivity index (χ4n) is 3.44. The summed E-state index contributed by atoms with van der Waals surface area (Å²) in [4.78, 5) is 30.9. The minimum Gasteiger partial charge on any atom is -0.494 e. The first kappa shape index (κ1) is 23.9. The van der Waals surface area contributed by atoms with Crippen LogP contribution in [0.3, 0.4) is 0 Å².